The smallest absolute Gasteiger partial charge is 0.261 e. The maximum Gasteiger partial charge on any atom is 0.261 e. The number of carbonyl (C=O) groups is 3. The number of benzene rings is 2. The zero-order valence-electron chi connectivity index (χ0n) is 16.6. The van der Waals surface area contributed by atoms with E-state index in [1.165, 1.54) is 4.90 Å². The Morgan fingerprint density at radius 1 is 1.00 bits per heavy atom. The molecule has 2 aliphatic heterocycles. The molecule has 0 atom stereocenters. The molecule has 4 rings (SSSR count). The number of hydrogen-bond acceptors (Lipinski definition) is 4. The highest BCUT2D eigenvalue weighted by Gasteiger charge is 2.36. The van der Waals surface area contributed by atoms with Crippen molar-refractivity contribution >= 4 is 17.7 Å². The molecule has 6 heteroatoms. The molecule has 0 radical (unpaired) electrons. The Bertz CT molecular complexity index is 934. The van der Waals surface area contributed by atoms with Gasteiger partial charge in [-0.2, -0.15) is 0 Å². The zero-order valence-corrected chi connectivity index (χ0v) is 16.6. The van der Waals surface area contributed by atoms with Crippen LogP contribution in [0.25, 0.3) is 0 Å². The minimum Gasteiger partial charge on any atom is -0.339 e. The molecule has 2 aromatic carbocycles. The van der Waals surface area contributed by atoms with Crippen molar-refractivity contribution in [1.82, 2.24) is 15.1 Å². The summed E-state index contributed by atoms with van der Waals surface area (Å²) >= 11 is 0. The lowest BCUT2D eigenvalue weighted by Crippen LogP contribution is -2.44. The fourth-order valence-electron chi connectivity index (χ4n) is 4.07. The van der Waals surface area contributed by atoms with E-state index in [1.54, 1.807) is 18.2 Å². The standard InChI is InChI=1S/C23H25N3O3/c1-24-18-10-12-25(13-11-18)21(27)17-7-8-19-20(15-17)23(29)26(22(19)28)14-9-16-5-3-2-4-6-16/h2-8,15,18,24H,9-14H2,1H3. The number of carbonyl (C=O) groups excluding carboxylic acids is 3. The molecular weight excluding hydrogens is 366 g/mol. The molecule has 0 aliphatic carbocycles. The molecule has 1 N–H and O–H groups in total. The molecule has 0 aromatic heterocycles. The molecule has 2 aliphatic rings. The molecular formula is C23H25N3O3. The van der Waals surface area contributed by atoms with Crippen LogP contribution in [0.1, 0.15) is 49.5 Å². The lowest BCUT2D eigenvalue weighted by molar-refractivity contribution is 0.0655. The van der Waals surface area contributed by atoms with E-state index in [9.17, 15) is 14.4 Å². The Balaban J connectivity index is 1.47. The summed E-state index contributed by atoms with van der Waals surface area (Å²) in [7, 11) is 1.94. The second-order valence-corrected chi connectivity index (χ2v) is 7.61. The van der Waals surface area contributed by atoms with Gasteiger partial charge in [-0.05, 0) is 50.1 Å². The third kappa shape index (κ3) is 3.80. The van der Waals surface area contributed by atoms with Crippen LogP contribution < -0.4 is 5.32 Å². The van der Waals surface area contributed by atoms with Crippen LogP contribution in [0, 0.1) is 0 Å². The van der Waals surface area contributed by atoms with E-state index in [0.29, 0.717) is 48.8 Å². The van der Waals surface area contributed by atoms with Crippen LogP contribution in [0.2, 0.25) is 0 Å². The minimum absolute atomic E-state index is 0.0784. The van der Waals surface area contributed by atoms with Gasteiger partial charge in [-0.25, -0.2) is 0 Å². The first kappa shape index (κ1) is 19.3. The Morgan fingerprint density at radius 3 is 2.38 bits per heavy atom. The highest BCUT2D eigenvalue weighted by Crippen LogP contribution is 2.25. The van der Waals surface area contributed by atoms with Crippen molar-refractivity contribution < 1.29 is 14.4 Å². The average Bonchev–Trinajstić information content (AvgIpc) is 3.01. The molecule has 2 aromatic rings. The van der Waals surface area contributed by atoms with Crippen LogP contribution in [0.3, 0.4) is 0 Å². The summed E-state index contributed by atoms with van der Waals surface area (Å²) in [4.78, 5) is 41.5. The molecule has 0 bridgehead atoms. The topological polar surface area (TPSA) is 69.7 Å². The predicted molar refractivity (Wildman–Crippen MR) is 110 cm³/mol. The summed E-state index contributed by atoms with van der Waals surface area (Å²) in [5.41, 5.74) is 2.26. The number of imide groups is 1. The molecule has 29 heavy (non-hydrogen) atoms. The molecule has 6 nitrogen and oxygen atoms in total. The van der Waals surface area contributed by atoms with E-state index in [0.717, 1.165) is 18.4 Å². The first-order valence-corrected chi connectivity index (χ1v) is 10.1. The summed E-state index contributed by atoms with van der Waals surface area (Å²) < 4.78 is 0. The SMILES string of the molecule is CNC1CCN(C(=O)c2ccc3c(c2)C(=O)N(CCc2ccccc2)C3=O)CC1. The lowest BCUT2D eigenvalue weighted by Gasteiger charge is -2.31. The van der Waals surface area contributed by atoms with E-state index >= 15 is 0 Å². The van der Waals surface area contributed by atoms with Crippen molar-refractivity contribution in [1.29, 1.82) is 0 Å². The molecule has 0 saturated carbocycles. The fourth-order valence-corrected chi connectivity index (χ4v) is 4.07. The highest BCUT2D eigenvalue weighted by molar-refractivity contribution is 6.22. The van der Waals surface area contributed by atoms with Crippen molar-refractivity contribution in [2.75, 3.05) is 26.7 Å². The van der Waals surface area contributed by atoms with Crippen LogP contribution in [-0.2, 0) is 6.42 Å². The van der Waals surface area contributed by atoms with E-state index in [4.69, 9.17) is 0 Å². The van der Waals surface area contributed by atoms with Gasteiger partial charge in [0.25, 0.3) is 17.7 Å². The van der Waals surface area contributed by atoms with E-state index < -0.39 is 0 Å². The number of likely N-dealkylation sites (tertiary alicyclic amines) is 1. The Labute approximate surface area is 170 Å². The van der Waals surface area contributed by atoms with Crippen molar-refractivity contribution in [3.63, 3.8) is 0 Å². The Kier molecular flexibility index (Phi) is 5.45. The first-order chi connectivity index (χ1) is 14.1. The molecule has 2 heterocycles. The summed E-state index contributed by atoms with van der Waals surface area (Å²) in [6.45, 7) is 1.71. The van der Waals surface area contributed by atoms with Gasteiger partial charge < -0.3 is 10.2 Å². The monoisotopic (exact) mass is 391 g/mol. The normalized spacial score (nSPS) is 17.0. The molecule has 1 fully saturated rings. The van der Waals surface area contributed by atoms with Gasteiger partial charge in [0.15, 0.2) is 0 Å². The maximum atomic E-state index is 12.9. The second-order valence-electron chi connectivity index (χ2n) is 7.61. The molecule has 0 unspecified atom stereocenters. The van der Waals surface area contributed by atoms with E-state index in [1.807, 2.05) is 42.3 Å². The van der Waals surface area contributed by atoms with Gasteiger partial charge >= 0.3 is 0 Å². The van der Waals surface area contributed by atoms with Gasteiger partial charge in [-0.1, -0.05) is 30.3 Å². The number of amides is 3. The Hall–Kier alpha value is -2.99. The van der Waals surface area contributed by atoms with Gasteiger partial charge in [0.05, 0.1) is 11.1 Å². The van der Waals surface area contributed by atoms with Crippen LogP contribution in [0.4, 0.5) is 0 Å². The van der Waals surface area contributed by atoms with Crippen molar-refractivity contribution in [3.05, 3.63) is 70.8 Å². The number of nitrogens with zero attached hydrogens (tertiary/aromatic N) is 2. The van der Waals surface area contributed by atoms with E-state index in [2.05, 4.69) is 5.32 Å². The lowest BCUT2D eigenvalue weighted by atomic mass is 10.0. The van der Waals surface area contributed by atoms with Gasteiger partial charge in [-0.3, -0.25) is 19.3 Å². The first-order valence-electron chi connectivity index (χ1n) is 10.1. The molecule has 1 saturated heterocycles. The largest absolute Gasteiger partial charge is 0.339 e. The molecule has 3 amide bonds. The van der Waals surface area contributed by atoms with Crippen LogP contribution in [-0.4, -0.2) is 60.2 Å². The van der Waals surface area contributed by atoms with Gasteiger partial charge in [-0.15, -0.1) is 0 Å². The number of piperidine rings is 1. The third-order valence-electron chi connectivity index (χ3n) is 5.87. The highest BCUT2D eigenvalue weighted by atomic mass is 16.2. The third-order valence-corrected chi connectivity index (χ3v) is 5.87. The van der Waals surface area contributed by atoms with Crippen LogP contribution in [0.5, 0.6) is 0 Å². The van der Waals surface area contributed by atoms with Crippen LogP contribution >= 0.6 is 0 Å². The average molecular weight is 391 g/mol. The maximum absolute atomic E-state index is 12.9. The fraction of sp³-hybridized carbons (Fsp3) is 0.348. The Morgan fingerprint density at radius 2 is 1.69 bits per heavy atom. The predicted octanol–water partition coefficient (Wildman–Crippen LogP) is 2.35. The van der Waals surface area contributed by atoms with Gasteiger partial charge in [0.2, 0.25) is 0 Å². The number of fused-ring (bicyclic) bond motifs is 1. The van der Waals surface area contributed by atoms with Gasteiger partial charge in [0, 0.05) is 31.2 Å². The van der Waals surface area contributed by atoms with Crippen molar-refractivity contribution in [2.45, 2.75) is 25.3 Å². The van der Waals surface area contributed by atoms with Gasteiger partial charge in [0.1, 0.15) is 0 Å². The minimum atomic E-state index is -0.315. The zero-order chi connectivity index (χ0) is 20.4. The summed E-state index contributed by atoms with van der Waals surface area (Å²) in [5.74, 6) is -0.676. The van der Waals surface area contributed by atoms with E-state index in [-0.39, 0.29) is 17.7 Å². The quantitative estimate of drug-likeness (QED) is 0.795. The van der Waals surface area contributed by atoms with Crippen LogP contribution in [0.15, 0.2) is 48.5 Å². The second kappa shape index (κ2) is 8.17. The summed E-state index contributed by atoms with van der Waals surface area (Å²) in [6.07, 6.45) is 2.44. The molecule has 0 spiro atoms. The number of rotatable bonds is 5. The molecule has 150 valence electrons. The summed E-state index contributed by atoms with van der Waals surface area (Å²) in [6, 6.07) is 15.1. The van der Waals surface area contributed by atoms with Crippen molar-refractivity contribution in [2.24, 2.45) is 0 Å². The van der Waals surface area contributed by atoms with Crippen molar-refractivity contribution in [3.8, 4) is 0 Å². The number of hydrogen-bond donors (Lipinski definition) is 1. The summed E-state index contributed by atoms with van der Waals surface area (Å²) in [5, 5.41) is 3.25. The number of nitrogens with one attached hydrogen (secondary N) is 1.